The highest BCUT2D eigenvalue weighted by atomic mass is 16.6. The summed E-state index contributed by atoms with van der Waals surface area (Å²) in [6, 6.07) is 0. The molecule has 0 spiro atoms. The number of nitrogens with one attached hydrogen (secondary N) is 1. The number of fused-ring (bicyclic) bond motifs is 5. The SMILES string of the molecule is [2H]CC(CCOCCOCCOCCCNC(=O)O[C@H]1CC[C@@]2(C)C(=CCC3C4CCC([C@H](C)CCCC(C)C)[C@@]4(C)CCC32)C1)OC. The zero-order chi connectivity index (χ0) is 34.6. The summed E-state index contributed by atoms with van der Waals surface area (Å²) in [4.78, 5) is 12.6. The molecule has 0 saturated heterocycles. The molecule has 9 atom stereocenters. The first-order chi connectivity index (χ1) is 23.1. The van der Waals surface area contributed by atoms with E-state index in [-0.39, 0.29) is 30.6 Å². The van der Waals surface area contributed by atoms with Gasteiger partial charge in [-0.2, -0.15) is 0 Å². The molecule has 0 radical (unpaired) electrons. The molecule has 0 bridgehead atoms. The van der Waals surface area contributed by atoms with Crippen LogP contribution in [0.15, 0.2) is 11.6 Å². The number of carbonyl (C=O) groups excluding carboxylic acids is 1. The maximum absolute atomic E-state index is 12.6. The van der Waals surface area contributed by atoms with Gasteiger partial charge in [0.05, 0.1) is 32.5 Å². The topological polar surface area (TPSA) is 75.2 Å². The van der Waals surface area contributed by atoms with Gasteiger partial charge >= 0.3 is 6.09 Å². The summed E-state index contributed by atoms with van der Waals surface area (Å²) in [7, 11) is 1.63. The van der Waals surface area contributed by atoms with E-state index in [9.17, 15) is 4.79 Å². The Labute approximate surface area is 289 Å². The van der Waals surface area contributed by atoms with Crippen molar-refractivity contribution >= 4 is 6.09 Å². The molecule has 47 heavy (non-hydrogen) atoms. The monoisotopic (exact) mass is 663 g/mol. The molecule has 4 aliphatic carbocycles. The molecule has 0 aliphatic heterocycles. The maximum Gasteiger partial charge on any atom is 0.407 e. The number of amides is 1. The minimum absolute atomic E-state index is 0.0197. The average molecular weight is 663 g/mol. The van der Waals surface area contributed by atoms with Crippen LogP contribution in [0.5, 0.6) is 0 Å². The van der Waals surface area contributed by atoms with E-state index in [4.69, 9.17) is 25.1 Å². The van der Waals surface area contributed by atoms with Crippen LogP contribution in [0, 0.1) is 46.3 Å². The first-order valence-electron chi connectivity index (χ1n) is 20.0. The van der Waals surface area contributed by atoms with E-state index in [1.807, 2.05) is 0 Å². The zero-order valence-electron chi connectivity index (χ0n) is 32.0. The van der Waals surface area contributed by atoms with Gasteiger partial charge in [0.15, 0.2) is 0 Å². The van der Waals surface area contributed by atoms with E-state index in [0.717, 1.165) is 67.6 Å². The van der Waals surface area contributed by atoms with Gasteiger partial charge in [0.2, 0.25) is 0 Å². The molecule has 3 saturated carbocycles. The Morgan fingerprint density at radius 1 is 0.915 bits per heavy atom. The zero-order valence-corrected chi connectivity index (χ0v) is 31.0. The molecule has 3 fully saturated rings. The molecule has 272 valence electrons. The van der Waals surface area contributed by atoms with E-state index in [0.29, 0.717) is 51.6 Å². The van der Waals surface area contributed by atoms with Crippen molar-refractivity contribution in [3.63, 3.8) is 0 Å². The summed E-state index contributed by atoms with van der Waals surface area (Å²) < 4.78 is 35.1. The fourth-order valence-electron chi connectivity index (χ4n) is 10.2. The molecule has 0 aromatic carbocycles. The third-order valence-corrected chi connectivity index (χ3v) is 12.9. The van der Waals surface area contributed by atoms with Crippen LogP contribution < -0.4 is 5.32 Å². The lowest BCUT2D eigenvalue weighted by atomic mass is 9.47. The lowest BCUT2D eigenvalue weighted by Crippen LogP contribution is -2.51. The molecule has 1 amide bonds. The second-order valence-electron chi connectivity index (χ2n) is 16.3. The Hall–Kier alpha value is -1.15. The predicted molar refractivity (Wildman–Crippen MR) is 189 cm³/mol. The summed E-state index contributed by atoms with van der Waals surface area (Å²) in [6.07, 6.45) is 17.7. The van der Waals surface area contributed by atoms with Gasteiger partial charge < -0.3 is 29.0 Å². The third-order valence-electron chi connectivity index (χ3n) is 12.9. The number of alkyl carbamates (subject to hydrolysis) is 1. The smallest absolute Gasteiger partial charge is 0.407 e. The van der Waals surface area contributed by atoms with Crippen molar-refractivity contribution in [2.45, 2.75) is 137 Å². The van der Waals surface area contributed by atoms with E-state index in [1.165, 1.54) is 51.4 Å². The lowest BCUT2D eigenvalue weighted by Gasteiger charge is -2.58. The summed E-state index contributed by atoms with van der Waals surface area (Å²) in [5.41, 5.74) is 2.36. The molecule has 0 aromatic rings. The van der Waals surface area contributed by atoms with E-state index < -0.39 is 0 Å². The molecule has 7 nitrogen and oxygen atoms in total. The quantitative estimate of drug-likeness (QED) is 0.104. The number of allylic oxidation sites excluding steroid dienone is 1. The van der Waals surface area contributed by atoms with Crippen LogP contribution >= 0.6 is 0 Å². The fourth-order valence-corrected chi connectivity index (χ4v) is 10.2. The van der Waals surface area contributed by atoms with E-state index >= 15 is 0 Å². The van der Waals surface area contributed by atoms with Crippen LogP contribution in [0.2, 0.25) is 0 Å². The first kappa shape index (κ1) is 37.1. The molecule has 5 unspecified atom stereocenters. The lowest BCUT2D eigenvalue weighted by molar-refractivity contribution is -0.0581. The van der Waals surface area contributed by atoms with Crippen LogP contribution in [-0.4, -0.2) is 71.6 Å². The van der Waals surface area contributed by atoms with Crippen LogP contribution in [0.1, 0.15) is 126 Å². The Kier molecular flexibility index (Phi) is 14.8. The summed E-state index contributed by atoms with van der Waals surface area (Å²) in [6.45, 7) is 16.5. The Morgan fingerprint density at radius 3 is 2.38 bits per heavy atom. The van der Waals surface area contributed by atoms with Crippen molar-refractivity contribution in [1.29, 1.82) is 0 Å². The highest BCUT2D eigenvalue weighted by molar-refractivity contribution is 5.67. The van der Waals surface area contributed by atoms with Crippen molar-refractivity contribution < 1.29 is 29.8 Å². The van der Waals surface area contributed by atoms with Crippen molar-refractivity contribution in [3.8, 4) is 0 Å². The molecule has 0 heterocycles. The second-order valence-corrected chi connectivity index (χ2v) is 16.3. The molecule has 4 rings (SSSR count). The van der Waals surface area contributed by atoms with Gasteiger partial charge in [-0.05, 0) is 111 Å². The summed E-state index contributed by atoms with van der Waals surface area (Å²) >= 11 is 0. The Balaban J connectivity index is 1.10. The Bertz CT molecular complexity index is 989. The Morgan fingerprint density at radius 2 is 1.66 bits per heavy atom. The fraction of sp³-hybridized carbons (Fsp3) is 0.925. The van der Waals surface area contributed by atoms with Crippen molar-refractivity contribution in [2.75, 3.05) is 53.3 Å². The van der Waals surface area contributed by atoms with Crippen LogP contribution in [0.3, 0.4) is 0 Å². The number of methoxy groups -OCH3 is 1. The first-order valence-corrected chi connectivity index (χ1v) is 19.3. The van der Waals surface area contributed by atoms with Crippen molar-refractivity contribution in [3.05, 3.63) is 11.6 Å². The normalized spacial score (nSPS) is 33.3. The molecule has 4 aliphatic rings. The molecular formula is C40H71NO6. The summed E-state index contributed by atoms with van der Waals surface area (Å²) in [5.74, 6) is 5.05. The summed E-state index contributed by atoms with van der Waals surface area (Å²) in [5, 5.41) is 2.94. The molecule has 0 aromatic heterocycles. The number of ether oxygens (including phenoxy) is 5. The minimum Gasteiger partial charge on any atom is -0.446 e. The second kappa shape index (κ2) is 18.7. The van der Waals surface area contributed by atoms with E-state index in [1.54, 1.807) is 12.7 Å². The van der Waals surface area contributed by atoms with Gasteiger partial charge in [-0.15, -0.1) is 0 Å². The van der Waals surface area contributed by atoms with Gasteiger partial charge in [0.25, 0.3) is 0 Å². The van der Waals surface area contributed by atoms with Gasteiger partial charge in [0, 0.05) is 34.7 Å². The van der Waals surface area contributed by atoms with E-state index in [2.05, 4.69) is 46.0 Å². The predicted octanol–water partition coefficient (Wildman–Crippen LogP) is 8.99. The number of rotatable bonds is 20. The molecule has 1 N–H and O–H groups in total. The number of hydrogen-bond acceptors (Lipinski definition) is 6. The maximum atomic E-state index is 12.6. The number of carbonyl (C=O) groups is 1. The van der Waals surface area contributed by atoms with Crippen molar-refractivity contribution in [2.24, 2.45) is 46.3 Å². The van der Waals surface area contributed by atoms with Gasteiger partial charge in [-0.1, -0.05) is 65.5 Å². The van der Waals surface area contributed by atoms with Gasteiger partial charge in [-0.25, -0.2) is 4.79 Å². The number of hydrogen-bond donors (Lipinski definition) is 1. The van der Waals surface area contributed by atoms with Crippen LogP contribution in [0.4, 0.5) is 4.79 Å². The molecular weight excluding hydrogens is 590 g/mol. The van der Waals surface area contributed by atoms with Crippen LogP contribution in [0.25, 0.3) is 0 Å². The van der Waals surface area contributed by atoms with Gasteiger partial charge in [-0.3, -0.25) is 0 Å². The average Bonchev–Trinajstić information content (AvgIpc) is 3.42. The standard InChI is InChI=1S/C40H71NO6/c1-29(2)10-8-11-30(3)35-14-15-36-34-13-12-32-28-33(16-19-39(32,5)37(34)17-20-40(35,36)6)47-38(42)41-21-9-22-44-24-26-46-27-25-45-23-18-31(4)43-7/h12,29-31,33-37H,8-11,13-28H2,1-7H3,(H,41,42)/t30-,31?,33+,34?,35?,36?,37?,39+,40-/m1/s1/i4D. The third kappa shape index (κ3) is 10.4. The highest BCUT2D eigenvalue weighted by Gasteiger charge is 2.59. The molecule has 7 heteroatoms. The van der Waals surface area contributed by atoms with Crippen molar-refractivity contribution in [1.82, 2.24) is 5.32 Å². The van der Waals surface area contributed by atoms with Gasteiger partial charge in [0.1, 0.15) is 6.10 Å². The van der Waals surface area contributed by atoms with Crippen LogP contribution in [-0.2, 0) is 23.7 Å². The largest absolute Gasteiger partial charge is 0.446 e. The highest BCUT2D eigenvalue weighted by Crippen LogP contribution is 2.67. The minimum atomic E-state index is -0.297.